The molecule has 4 rings (SSSR count). The number of piperidine rings is 1. The fraction of sp³-hybridized carbons (Fsp3) is 0.500. The van der Waals surface area contributed by atoms with E-state index in [0.717, 1.165) is 37.9 Å². The average Bonchev–Trinajstić information content (AvgIpc) is 2.98. The highest BCUT2D eigenvalue weighted by molar-refractivity contribution is 6.03. The standard InChI is InChI=1S/C24H29NO3/c1-16-21-19(26)14-24(2,3)15-20(21)28-22(16)23(27)25-11-9-18(10-12-25)13-17-7-5-4-6-8-17/h4-8,18H,9-15H2,1-3H3. The van der Waals surface area contributed by atoms with E-state index in [-0.39, 0.29) is 17.1 Å². The maximum absolute atomic E-state index is 13.1. The Labute approximate surface area is 166 Å². The Morgan fingerprint density at radius 3 is 2.50 bits per heavy atom. The molecule has 1 amide bonds. The molecule has 0 N–H and O–H groups in total. The Kier molecular flexibility index (Phi) is 4.90. The molecule has 2 heterocycles. The van der Waals surface area contributed by atoms with E-state index in [1.54, 1.807) is 0 Å². The van der Waals surface area contributed by atoms with Gasteiger partial charge in [0.05, 0.1) is 5.56 Å². The molecule has 1 aliphatic carbocycles. The van der Waals surface area contributed by atoms with Crippen molar-refractivity contribution in [2.24, 2.45) is 11.3 Å². The molecule has 1 aromatic heterocycles. The van der Waals surface area contributed by atoms with Crippen molar-refractivity contribution in [3.05, 3.63) is 58.5 Å². The Morgan fingerprint density at radius 2 is 1.82 bits per heavy atom. The summed E-state index contributed by atoms with van der Waals surface area (Å²) in [6.45, 7) is 7.50. The average molecular weight is 380 g/mol. The number of amides is 1. The van der Waals surface area contributed by atoms with Crippen LogP contribution in [0, 0.1) is 18.3 Å². The molecule has 0 bridgehead atoms. The lowest BCUT2D eigenvalue weighted by Gasteiger charge is -2.31. The predicted octanol–water partition coefficient (Wildman–Crippen LogP) is 4.84. The van der Waals surface area contributed by atoms with E-state index in [1.807, 2.05) is 17.9 Å². The zero-order valence-electron chi connectivity index (χ0n) is 17.1. The Bertz CT molecular complexity index is 886. The lowest BCUT2D eigenvalue weighted by Crippen LogP contribution is -2.39. The maximum atomic E-state index is 13.1. The summed E-state index contributed by atoms with van der Waals surface area (Å²) in [6, 6.07) is 10.6. The van der Waals surface area contributed by atoms with Gasteiger partial charge in [0.15, 0.2) is 11.5 Å². The molecule has 0 saturated carbocycles. The van der Waals surface area contributed by atoms with E-state index >= 15 is 0 Å². The van der Waals surface area contributed by atoms with E-state index < -0.39 is 0 Å². The first kappa shape index (κ1) is 19.0. The smallest absolute Gasteiger partial charge is 0.289 e. The molecule has 0 unspecified atom stereocenters. The number of Topliss-reactive ketones (excluding diaryl/α,β-unsaturated/α-hetero) is 1. The normalized spacial score (nSPS) is 19.5. The first-order valence-electron chi connectivity index (χ1n) is 10.3. The van der Waals surface area contributed by atoms with Gasteiger partial charge in [0.1, 0.15) is 5.76 Å². The van der Waals surface area contributed by atoms with Crippen molar-refractivity contribution in [1.82, 2.24) is 4.90 Å². The second kappa shape index (κ2) is 7.23. The summed E-state index contributed by atoms with van der Waals surface area (Å²) in [5, 5.41) is 0. The number of rotatable bonds is 3. The third-order valence-corrected chi connectivity index (χ3v) is 6.24. The lowest BCUT2D eigenvalue weighted by atomic mass is 9.76. The molecule has 1 aromatic carbocycles. The number of likely N-dealkylation sites (tertiary alicyclic amines) is 1. The summed E-state index contributed by atoms with van der Waals surface area (Å²) < 4.78 is 5.97. The van der Waals surface area contributed by atoms with Gasteiger partial charge in [0.2, 0.25) is 0 Å². The molecule has 1 aliphatic heterocycles. The van der Waals surface area contributed by atoms with Crippen molar-refractivity contribution in [3.63, 3.8) is 0 Å². The number of hydrogen-bond donors (Lipinski definition) is 0. The molecule has 0 radical (unpaired) electrons. The second-order valence-corrected chi connectivity index (χ2v) is 9.22. The number of furan rings is 1. The van der Waals surface area contributed by atoms with Crippen molar-refractivity contribution in [2.45, 2.75) is 52.9 Å². The zero-order chi connectivity index (χ0) is 19.9. The van der Waals surface area contributed by atoms with Gasteiger partial charge >= 0.3 is 0 Å². The molecule has 0 spiro atoms. The van der Waals surface area contributed by atoms with Gasteiger partial charge in [-0.3, -0.25) is 9.59 Å². The van der Waals surface area contributed by atoms with Gasteiger partial charge in [-0.05, 0) is 43.1 Å². The monoisotopic (exact) mass is 379 g/mol. The molecule has 0 atom stereocenters. The maximum Gasteiger partial charge on any atom is 0.289 e. The largest absolute Gasteiger partial charge is 0.455 e. The fourth-order valence-electron chi connectivity index (χ4n) is 4.72. The molecular formula is C24H29NO3. The highest BCUT2D eigenvalue weighted by atomic mass is 16.4. The molecule has 1 saturated heterocycles. The Hall–Kier alpha value is -2.36. The van der Waals surface area contributed by atoms with Gasteiger partial charge in [-0.25, -0.2) is 0 Å². The van der Waals surface area contributed by atoms with E-state index in [9.17, 15) is 9.59 Å². The number of ketones is 1. The van der Waals surface area contributed by atoms with E-state index in [0.29, 0.717) is 35.8 Å². The van der Waals surface area contributed by atoms with Crippen molar-refractivity contribution in [1.29, 1.82) is 0 Å². The van der Waals surface area contributed by atoms with Gasteiger partial charge in [-0.2, -0.15) is 0 Å². The predicted molar refractivity (Wildman–Crippen MR) is 109 cm³/mol. The highest BCUT2D eigenvalue weighted by Crippen LogP contribution is 2.38. The van der Waals surface area contributed by atoms with Crippen molar-refractivity contribution >= 4 is 11.7 Å². The van der Waals surface area contributed by atoms with Crippen molar-refractivity contribution < 1.29 is 14.0 Å². The first-order chi connectivity index (χ1) is 13.3. The van der Waals surface area contributed by atoms with Crippen molar-refractivity contribution in [3.8, 4) is 0 Å². The van der Waals surface area contributed by atoms with Gasteiger partial charge in [0, 0.05) is 31.5 Å². The van der Waals surface area contributed by atoms with Crippen LogP contribution in [0.3, 0.4) is 0 Å². The van der Waals surface area contributed by atoms with Crippen molar-refractivity contribution in [2.75, 3.05) is 13.1 Å². The van der Waals surface area contributed by atoms with Crippen LogP contribution in [0.25, 0.3) is 0 Å². The molecule has 2 aromatic rings. The van der Waals surface area contributed by atoms with E-state index in [2.05, 4.69) is 38.1 Å². The number of carbonyl (C=O) groups excluding carboxylic acids is 2. The fourth-order valence-corrected chi connectivity index (χ4v) is 4.72. The van der Waals surface area contributed by atoms with Crippen LogP contribution in [0.4, 0.5) is 0 Å². The Morgan fingerprint density at radius 1 is 1.14 bits per heavy atom. The van der Waals surface area contributed by atoms with Crippen LogP contribution in [0.1, 0.15) is 70.9 Å². The van der Waals surface area contributed by atoms with Gasteiger partial charge < -0.3 is 9.32 Å². The van der Waals surface area contributed by atoms with Crippen LogP contribution in [0.15, 0.2) is 34.7 Å². The summed E-state index contributed by atoms with van der Waals surface area (Å²) >= 11 is 0. The lowest BCUT2D eigenvalue weighted by molar-refractivity contribution is 0.0653. The molecule has 28 heavy (non-hydrogen) atoms. The first-order valence-corrected chi connectivity index (χ1v) is 10.3. The summed E-state index contributed by atoms with van der Waals surface area (Å²) in [4.78, 5) is 27.6. The van der Waals surface area contributed by atoms with Crippen LogP contribution < -0.4 is 0 Å². The van der Waals surface area contributed by atoms with E-state index in [1.165, 1.54) is 5.56 Å². The third-order valence-electron chi connectivity index (χ3n) is 6.24. The number of hydrogen-bond acceptors (Lipinski definition) is 3. The van der Waals surface area contributed by atoms with Gasteiger partial charge in [0.25, 0.3) is 5.91 Å². The minimum atomic E-state index is -0.107. The minimum Gasteiger partial charge on any atom is -0.455 e. The number of benzene rings is 1. The highest BCUT2D eigenvalue weighted by Gasteiger charge is 2.38. The summed E-state index contributed by atoms with van der Waals surface area (Å²) in [5.74, 6) is 1.72. The molecule has 4 heteroatoms. The molecule has 4 nitrogen and oxygen atoms in total. The number of fused-ring (bicyclic) bond motifs is 1. The Balaban J connectivity index is 1.44. The van der Waals surface area contributed by atoms with Crippen LogP contribution in [0.2, 0.25) is 0 Å². The molecule has 2 aliphatic rings. The summed E-state index contributed by atoms with van der Waals surface area (Å²) in [7, 11) is 0. The van der Waals surface area contributed by atoms with Crippen LogP contribution >= 0.6 is 0 Å². The summed E-state index contributed by atoms with van der Waals surface area (Å²) in [6.07, 6.45) is 4.30. The van der Waals surface area contributed by atoms with E-state index in [4.69, 9.17) is 4.42 Å². The number of carbonyl (C=O) groups is 2. The van der Waals surface area contributed by atoms with Crippen LogP contribution in [-0.4, -0.2) is 29.7 Å². The summed E-state index contributed by atoms with van der Waals surface area (Å²) in [5.41, 5.74) is 2.64. The van der Waals surface area contributed by atoms with Crippen LogP contribution in [-0.2, 0) is 12.8 Å². The van der Waals surface area contributed by atoms with Gasteiger partial charge in [-0.15, -0.1) is 0 Å². The van der Waals surface area contributed by atoms with Crippen LogP contribution in [0.5, 0.6) is 0 Å². The SMILES string of the molecule is Cc1c(C(=O)N2CCC(Cc3ccccc3)CC2)oc2c1C(=O)CC(C)(C)C2. The molecular weight excluding hydrogens is 350 g/mol. The quantitative estimate of drug-likeness (QED) is 0.767. The second-order valence-electron chi connectivity index (χ2n) is 9.22. The van der Waals surface area contributed by atoms with Gasteiger partial charge in [-0.1, -0.05) is 44.2 Å². The topological polar surface area (TPSA) is 50.5 Å². The molecule has 148 valence electrons. The zero-order valence-corrected chi connectivity index (χ0v) is 17.1. The number of nitrogens with zero attached hydrogens (tertiary/aromatic N) is 1. The molecule has 1 fully saturated rings. The minimum absolute atomic E-state index is 0.0596. The third kappa shape index (κ3) is 3.65.